The fourth-order valence-corrected chi connectivity index (χ4v) is 2.62. The Labute approximate surface area is 104 Å². The summed E-state index contributed by atoms with van der Waals surface area (Å²) in [5.74, 6) is 1.10. The number of aryl methyl sites for hydroxylation is 1. The van der Waals surface area contributed by atoms with Crippen molar-refractivity contribution >= 4 is 5.82 Å². The molecular weight excluding hydrogens is 210 g/mol. The highest BCUT2D eigenvalue weighted by molar-refractivity contribution is 5.43. The van der Waals surface area contributed by atoms with Crippen molar-refractivity contribution in [1.29, 1.82) is 0 Å². The fraction of sp³-hybridized carbons (Fsp3) is 0.643. The molecule has 0 saturated carbocycles. The van der Waals surface area contributed by atoms with Crippen LogP contribution in [0.2, 0.25) is 0 Å². The molecule has 1 aliphatic heterocycles. The third-order valence-corrected chi connectivity index (χ3v) is 3.46. The van der Waals surface area contributed by atoms with Crippen molar-refractivity contribution in [3.8, 4) is 0 Å². The number of hydrogen-bond acceptors (Lipinski definition) is 3. The smallest absolute Gasteiger partial charge is 0.129 e. The molecule has 0 atom stereocenters. The summed E-state index contributed by atoms with van der Waals surface area (Å²) in [7, 11) is 0. The first-order valence-electron chi connectivity index (χ1n) is 6.43. The second-order valence-corrected chi connectivity index (χ2v) is 5.87. The Morgan fingerprint density at radius 3 is 2.82 bits per heavy atom. The van der Waals surface area contributed by atoms with Crippen LogP contribution in [0.4, 0.5) is 5.82 Å². The summed E-state index contributed by atoms with van der Waals surface area (Å²) in [6, 6.07) is 4.20. The van der Waals surface area contributed by atoms with Crippen LogP contribution >= 0.6 is 0 Å². The predicted molar refractivity (Wildman–Crippen MR) is 72.1 cm³/mol. The number of piperidine rings is 1. The molecule has 0 spiro atoms. The maximum Gasteiger partial charge on any atom is 0.129 e. The molecule has 1 saturated heterocycles. The zero-order valence-corrected chi connectivity index (χ0v) is 11.2. The molecule has 0 unspecified atom stereocenters. The van der Waals surface area contributed by atoms with Gasteiger partial charge in [-0.2, -0.15) is 0 Å². The minimum atomic E-state index is 0.395. The van der Waals surface area contributed by atoms with Crippen molar-refractivity contribution in [3.63, 3.8) is 0 Å². The van der Waals surface area contributed by atoms with Crippen LogP contribution in [0.1, 0.15) is 37.9 Å². The van der Waals surface area contributed by atoms with E-state index in [-0.39, 0.29) is 0 Å². The van der Waals surface area contributed by atoms with Gasteiger partial charge in [-0.1, -0.05) is 13.8 Å². The molecule has 0 aromatic carbocycles. The highest BCUT2D eigenvalue weighted by Crippen LogP contribution is 2.31. The van der Waals surface area contributed by atoms with Crippen LogP contribution in [0.3, 0.4) is 0 Å². The van der Waals surface area contributed by atoms with Crippen molar-refractivity contribution in [3.05, 3.63) is 23.4 Å². The molecule has 0 amide bonds. The van der Waals surface area contributed by atoms with Crippen LogP contribution in [0, 0.1) is 12.3 Å². The van der Waals surface area contributed by atoms with E-state index < -0.39 is 0 Å². The first kappa shape index (κ1) is 12.4. The molecule has 2 rings (SSSR count). The lowest BCUT2D eigenvalue weighted by Crippen LogP contribution is -2.40. The first-order chi connectivity index (χ1) is 8.00. The van der Waals surface area contributed by atoms with Gasteiger partial charge in [0.2, 0.25) is 0 Å². The van der Waals surface area contributed by atoms with Gasteiger partial charge in [-0.05, 0) is 42.9 Å². The number of aromatic nitrogens is 1. The number of nitrogens with zero attached hydrogens (tertiary/aromatic N) is 2. The van der Waals surface area contributed by atoms with Crippen LogP contribution in [0.25, 0.3) is 0 Å². The highest BCUT2D eigenvalue weighted by atomic mass is 15.2. The van der Waals surface area contributed by atoms with E-state index in [1.165, 1.54) is 18.4 Å². The Hall–Kier alpha value is -1.09. The Kier molecular flexibility index (Phi) is 3.38. The molecule has 3 heteroatoms. The Balaban J connectivity index is 2.24. The molecule has 1 aromatic heterocycles. The van der Waals surface area contributed by atoms with Gasteiger partial charge in [-0.15, -0.1) is 0 Å². The molecule has 0 aliphatic carbocycles. The van der Waals surface area contributed by atoms with Crippen LogP contribution < -0.4 is 10.6 Å². The second kappa shape index (κ2) is 4.65. The van der Waals surface area contributed by atoms with Gasteiger partial charge in [0, 0.05) is 25.3 Å². The number of nitrogens with two attached hydrogens (primary N) is 1. The lowest BCUT2D eigenvalue weighted by molar-refractivity contribution is 0.292. The third kappa shape index (κ3) is 2.97. The van der Waals surface area contributed by atoms with Crippen molar-refractivity contribution in [2.75, 3.05) is 18.0 Å². The van der Waals surface area contributed by atoms with Crippen LogP contribution in [0.15, 0.2) is 12.1 Å². The standard InChI is InChI=1S/C14H23N3/c1-11-7-12(9-15)8-13(16-11)17-6-4-5-14(2,3)10-17/h7-8H,4-6,9-10,15H2,1-3H3. The van der Waals surface area contributed by atoms with E-state index in [9.17, 15) is 0 Å². The van der Waals surface area contributed by atoms with E-state index in [0.717, 1.165) is 24.6 Å². The molecule has 0 bridgehead atoms. The molecule has 1 fully saturated rings. The predicted octanol–water partition coefficient (Wildman–Crippen LogP) is 2.48. The van der Waals surface area contributed by atoms with Crippen molar-refractivity contribution in [1.82, 2.24) is 4.98 Å². The normalized spacial score (nSPS) is 19.4. The molecule has 2 heterocycles. The van der Waals surface area contributed by atoms with Crippen LogP contribution in [-0.2, 0) is 6.54 Å². The van der Waals surface area contributed by atoms with E-state index in [2.05, 4.69) is 35.9 Å². The molecule has 17 heavy (non-hydrogen) atoms. The average molecular weight is 233 g/mol. The molecular formula is C14H23N3. The summed E-state index contributed by atoms with van der Waals surface area (Å²) < 4.78 is 0. The topological polar surface area (TPSA) is 42.1 Å². The van der Waals surface area contributed by atoms with Gasteiger partial charge in [0.1, 0.15) is 5.82 Å². The maximum atomic E-state index is 5.72. The lowest BCUT2D eigenvalue weighted by Gasteiger charge is -2.39. The molecule has 94 valence electrons. The highest BCUT2D eigenvalue weighted by Gasteiger charge is 2.27. The quantitative estimate of drug-likeness (QED) is 0.853. The number of hydrogen-bond donors (Lipinski definition) is 1. The van der Waals surface area contributed by atoms with Crippen LogP contribution in [-0.4, -0.2) is 18.1 Å². The summed E-state index contributed by atoms with van der Waals surface area (Å²) >= 11 is 0. The largest absolute Gasteiger partial charge is 0.356 e. The first-order valence-corrected chi connectivity index (χ1v) is 6.43. The monoisotopic (exact) mass is 233 g/mol. The SMILES string of the molecule is Cc1cc(CN)cc(N2CCCC(C)(C)C2)n1. The number of pyridine rings is 1. The van der Waals surface area contributed by atoms with E-state index in [0.29, 0.717) is 12.0 Å². The van der Waals surface area contributed by atoms with E-state index in [4.69, 9.17) is 5.73 Å². The molecule has 2 N–H and O–H groups in total. The Bertz CT molecular complexity index is 398. The lowest BCUT2D eigenvalue weighted by atomic mass is 9.84. The van der Waals surface area contributed by atoms with Crippen molar-refractivity contribution in [2.24, 2.45) is 11.1 Å². The second-order valence-electron chi connectivity index (χ2n) is 5.87. The van der Waals surface area contributed by atoms with Gasteiger partial charge in [0.25, 0.3) is 0 Å². The zero-order valence-electron chi connectivity index (χ0n) is 11.2. The van der Waals surface area contributed by atoms with Crippen molar-refractivity contribution in [2.45, 2.75) is 40.2 Å². The van der Waals surface area contributed by atoms with Gasteiger partial charge < -0.3 is 10.6 Å². The molecule has 1 aliphatic rings. The maximum absolute atomic E-state index is 5.72. The van der Waals surface area contributed by atoms with Gasteiger partial charge >= 0.3 is 0 Å². The van der Waals surface area contributed by atoms with Gasteiger partial charge in [-0.25, -0.2) is 4.98 Å². The number of anilines is 1. The molecule has 1 aromatic rings. The van der Waals surface area contributed by atoms with Crippen molar-refractivity contribution < 1.29 is 0 Å². The Morgan fingerprint density at radius 2 is 2.18 bits per heavy atom. The molecule has 0 radical (unpaired) electrons. The Morgan fingerprint density at radius 1 is 1.41 bits per heavy atom. The van der Waals surface area contributed by atoms with E-state index >= 15 is 0 Å². The summed E-state index contributed by atoms with van der Waals surface area (Å²) in [4.78, 5) is 7.04. The minimum absolute atomic E-state index is 0.395. The summed E-state index contributed by atoms with van der Waals surface area (Å²) in [5.41, 5.74) is 8.36. The fourth-order valence-electron chi connectivity index (χ4n) is 2.62. The van der Waals surface area contributed by atoms with E-state index in [1.807, 2.05) is 6.92 Å². The zero-order chi connectivity index (χ0) is 12.5. The third-order valence-electron chi connectivity index (χ3n) is 3.46. The van der Waals surface area contributed by atoms with E-state index in [1.54, 1.807) is 0 Å². The van der Waals surface area contributed by atoms with Gasteiger partial charge in [-0.3, -0.25) is 0 Å². The molecule has 3 nitrogen and oxygen atoms in total. The summed E-state index contributed by atoms with van der Waals surface area (Å²) in [6.07, 6.45) is 2.56. The summed E-state index contributed by atoms with van der Waals surface area (Å²) in [6.45, 7) is 9.50. The van der Waals surface area contributed by atoms with Gasteiger partial charge in [0.15, 0.2) is 0 Å². The summed E-state index contributed by atoms with van der Waals surface area (Å²) in [5, 5.41) is 0. The van der Waals surface area contributed by atoms with Crippen LogP contribution in [0.5, 0.6) is 0 Å². The number of rotatable bonds is 2. The van der Waals surface area contributed by atoms with Gasteiger partial charge in [0.05, 0.1) is 0 Å². The minimum Gasteiger partial charge on any atom is -0.356 e. The average Bonchev–Trinajstić information content (AvgIpc) is 2.27.